The molecule has 0 saturated carbocycles. The second-order valence-electron chi connectivity index (χ2n) is 2.19. The number of nitrogens with one attached hydrogen (secondary N) is 1. The van der Waals surface area contributed by atoms with Gasteiger partial charge in [-0.3, -0.25) is 0 Å². The van der Waals surface area contributed by atoms with Gasteiger partial charge in [-0.05, 0) is 34.3 Å². The molecule has 0 aliphatic carbocycles. The van der Waals surface area contributed by atoms with Gasteiger partial charge in [0.2, 0.25) is 0 Å². The Morgan fingerprint density at radius 3 is 2.91 bits per heavy atom. The Hall–Kier alpha value is -0.190. The number of hydrogen-bond donors (Lipinski definition) is 2. The quantitative estimate of drug-likeness (QED) is 0.774. The lowest BCUT2D eigenvalue weighted by Crippen LogP contribution is -2.08. The summed E-state index contributed by atoms with van der Waals surface area (Å²) in [4.78, 5) is 1.13. The minimum absolute atomic E-state index is 0.0104. The lowest BCUT2D eigenvalue weighted by Gasteiger charge is -2.03. The van der Waals surface area contributed by atoms with Gasteiger partial charge < -0.3 is 11.1 Å². The SMILES string of the molecule is N=CCC(N)c1ccc(Br)s1. The van der Waals surface area contributed by atoms with Crippen molar-refractivity contribution in [3.8, 4) is 0 Å². The fourth-order valence-corrected chi connectivity index (χ4v) is 2.21. The highest BCUT2D eigenvalue weighted by Gasteiger charge is 2.05. The van der Waals surface area contributed by atoms with Crippen molar-refractivity contribution in [2.24, 2.45) is 5.73 Å². The van der Waals surface area contributed by atoms with Crippen molar-refractivity contribution in [2.45, 2.75) is 12.5 Å². The zero-order chi connectivity index (χ0) is 8.27. The van der Waals surface area contributed by atoms with Crippen molar-refractivity contribution >= 4 is 33.5 Å². The predicted octanol–water partition coefficient (Wildman–Crippen LogP) is 2.55. The van der Waals surface area contributed by atoms with Crippen molar-refractivity contribution in [3.63, 3.8) is 0 Å². The standard InChI is InChI=1S/C7H9BrN2S/c8-7-2-1-6(11-7)5(10)3-4-9/h1-2,4-5,9H,3,10H2. The van der Waals surface area contributed by atoms with E-state index >= 15 is 0 Å². The highest BCUT2D eigenvalue weighted by atomic mass is 79.9. The van der Waals surface area contributed by atoms with Crippen LogP contribution >= 0.6 is 27.3 Å². The Balaban J connectivity index is 2.67. The average Bonchev–Trinajstić information content (AvgIpc) is 2.36. The lowest BCUT2D eigenvalue weighted by molar-refractivity contribution is 0.785. The third-order valence-electron chi connectivity index (χ3n) is 1.33. The molecule has 60 valence electrons. The third kappa shape index (κ3) is 2.39. The molecule has 0 amide bonds. The summed E-state index contributed by atoms with van der Waals surface area (Å²) in [6.45, 7) is 0. The molecule has 0 bridgehead atoms. The first-order valence-corrected chi connectivity index (χ1v) is 4.84. The van der Waals surface area contributed by atoms with Gasteiger partial charge in [-0.2, -0.15) is 0 Å². The Morgan fingerprint density at radius 1 is 1.73 bits per heavy atom. The van der Waals surface area contributed by atoms with Crippen LogP contribution in [0.3, 0.4) is 0 Å². The molecule has 3 N–H and O–H groups in total. The third-order valence-corrected chi connectivity index (χ3v) is 3.09. The summed E-state index contributed by atoms with van der Waals surface area (Å²) < 4.78 is 1.09. The van der Waals surface area contributed by atoms with Crippen LogP contribution in [0.1, 0.15) is 17.3 Å². The normalized spacial score (nSPS) is 12.9. The number of rotatable bonds is 3. The van der Waals surface area contributed by atoms with Crippen LogP contribution in [0.5, 0.6) is 0 Å². The van der Waals surface area contributed by atoms with Crippen LogP contribution in [0.4, 0.5) is 0 Å². The summed E-state index contributed by atoms with van der Waals surface area (Å²) in [5.74, 6) is 0. The molecular formula is C7H9BrN2S. The summed E-state index contributed by atoms with van der Waals surface area (Å²) in [5.41, 5.74) is 5.76. The molecule has 1 atom stereocenters. The summed E-state index contributed by atoms with van der Waals surface area (Å²) in [7, 11) is 0. The molecule has 0 aromatic carbocycles. The fourth-order valence-electron chi connectivity index (χ4n) is 0.771. The average molecular weight is 233 g/mol. The largest absolute Gasteiger partial charge is 0.323 e. The van der Waals surface area contributed by atoms with Crippen molar-refractivity contribution in [1.82, 2.24) is 0 Å². The number of thiophene rings is 1. The van der Waals surface area contributed by atoms with E-state index in [9.17, 15) is 0 Å². The fraction of sp³-hybridized carbons (Fsp3) is 0.286. The van der Waals surface area contributed by atoms with Crippen LogP contribution in [0.2, 0.25) is 0 Å². The highest BCUT2D eigenvalue weighted by molar-refractivity contribution is 9.11. The molecule has 0 fully saturated rings. The van der Waals surface area contributed by atoms with E-state index in [2.05, 4.69) is 15.9 Å². The first kappa shape index (κ1) is 8.90. The molecule has 0 aliphatic rings. The summed E-state index contributed by atoms with van der Waals surface area (Å²) in [6, 6.07) is 3.95. The van der Waals surface area contributed by atoms with E-state index in [0.717, 1.165) is 8.66 Å². The molecule has 1 unspecified atom stereocenters. The number of nitrogens with two attached hydrogens (primary N) is 1. The second-order valence-corrected chi connectivity index (χ2v) is 4.68. The molecule has 1 rings (SSSR count). The van der Waals surface area contributed by atoms with Crippen molar-refractivity contribution < 1.29 is 0 Å². The number of hydrogen-bond acceptors (Lipinski definition) is 3. The first-order chi connectivity index (χ1) is 5.24. The predicted molar refractivity (Wildman–Crippen MR) is 52.3 cm³/mol. The Kier molecular flexibility index (Phi) is 3.23. The van der Waals surface area contributed by atoms with E-state index in [1.54, 1.807) is 11.3 Å². The molecule has 2 nitrogen and oxygen atoms in total. The molecule has 0 radical (unpaired) electrons. The van der Waals surface area contributed by atoms with Gasteiger partial charge >= 0.3 is 0 Å². The molecule has 1 heterocycles. The van der Waals surface area contributed by atoms with Crippen LogP contribution in [0.25, 0.3) is 0 Å². The molecule has 0 saturated heterocycles. The van der Waals surface area contributed by atoms with E-state index < -0.39 is 0 Å². The summed E-state index contributed by atoms with van der Waals surface area (Å²) >= 11 is 4.98. The van der Waals surface area contributed by atoms with E-state index in [4.69, 9.17) is 11.1 Å². The zero-order valence-electron chi connectivity index (χ0n) is 5.88. The van der Waals surface area contributed by atoms with E-state index in [-0.39, 0.29) is 6.04 Å². The molecule has 1 aromatic rings. The van der Waals surface area contributed by atoms with Gasteiger partial charge in [0.25, 0.3) is 0 Å². The molecule has 1 aromatic heterocycles. The smallest absolute Gasteiger partial charge is 0.0701 e. The summed E-state index contributed by atoms with van der Waals surface area (Å²) in [5, 5.41) is 6.88. The maximum Gasteiger partial charge on any atom is 0.0701 e. The van der Waals surface area contributed by atoms with Gasteiger partial charge in [0.1, 0.15) is 0 Å². The Labute approximate surface area is 78.1 Å². The van der Waals surface area contributed by atoms with Crippen molar-refractivity contribution in [3.05, 3.63) is 20.8 Å². The van der Waals surface area contributed by atoms with Gasteiger partial charge in [0, 0.05) is 17.3 Å². The van der Waals surface area contributed by atoms with Crippen LogP contribution in [-0.4, -0.2) is 6.21 Å². The van der Waals surface area contributed by atoms with Gasteiger partial charge in [0.05, 0.1) is 3.79 Å². The monoisotopic (exact) mass is 232 g/mol. The van der Waals surface area contributed by atoms with Gasteiger partial charge in [0.15, 0.2) is 0 Å². The molecule has 4 heteroatoms. The lowest BCUT2D eigenvalue weighted by atomic mass is 10.2. The molecular weight excluding hydrogens is 224 g/mol. The number of halogens is 1. The Morgan fingerprint density at radius 2 is 2.45 bits per heavy atom. The first-order valence-electron chi connectivity index (χ1n) is 3.24. The second kappa shape index (κ2) is 3.99. The highest BCUT2D eigenvalue weighted by Crippen LogP contribution is 2.26. The molecule has 0 spiro atoms. The van der Waals surface area contributed by atoms with E-state index in [1.165, 1.54) is 6.21 Å². The summed E-state index contributed by atoms with van der Waals surface area (Å²) in [6.07, 6.45) is 1.96. The maximum absolute atomic E-state index is 6.88. The van der Waals surface area contributed by atoms with Crippen LogP contribution in [0.15, 0.2) is 15.9 Å². The zero-order valence-corrected chi connectivity index (χ0v) is 8.28. The molecule has 0 aliphatic heterocycles. The minimum Gasteiger partial charge on any atom is -0.323 e. The van der Waals surface area contributed by atoms with E-state index in [0.29, 0.717) is 6.42 Å². The maximum atomic E-state index is 6.88. The Bertz CT molecular complexity index is 246. The minimum atomic E-state index is -0.0104. The van der Waals surface area contributed by atoms with Gasteiger partial charge in [-0.15, -0.1) is 11.3 Å². The van der Waals surface area contributed by atoms with Crippen LogP contribution in [-0.2, 0) is 0 Å². The molecule has 11 heavy (non-hydrogen) atoms. The van der Waals surface area contributed by atoms with Crippen molar-refractivity contribution in [2.75, 3.05) is 0 Å². The van der Waals surface area contributed by atoms with Crippen LogP contribution < -0.4 is 5.73 Å². The topological polar surface area (TPSA) is 49.9 Å². The van der Waals surface area contributed by atoms with Crippen molar-refractivity contribution in [1.29, 1.82) is 5.41 Å². The van der Waals surface area contributed by atoms with Gasteiger partial charge in [-0.25, -0.2) is 0 Å². The van der Waals surface area contributed by atoms with Gasteiger partial charge in [-0.1, -0.05) is 0 Å². The van der Waals surface area contributed by atoms with Crippen LogP contribution in [0, 0.1) is 5.41 Å². The van der Waals surface area contributed by atoms with E-state index in [1.807, 2.05) is 12.1 Å².